The Morgan fingerprint density at radius 1 is 0.297 bits per heavy atom. The van der Waals surface area contributed by atoms with Gasteiger partial charge >= 0.3 is 6.18 Å². The average Bonchev–Trinajstić information content (AvgIpc) is 1.50. The maximum absolute atomic E-state index is 14.4. The number of nitrogens with zero attached hydrogens (tertiary/aromatic N) is 24. The molecule has 2 aliphatic rings. The number of aromatic nitrogens is 22. The van der Waals surface area contributed by atoms with Crippen LogP contribution in [0.4, 0.5) is 38.0 Å². The maximum Gasteiger partial charge on any atom is 0.418 e. The van der Waals surface area contributed by atoms with Gasteiger partial charge in [-0.1, -0.05) is 185 Å². The molecule has 0 radical (unpaired) electrons. The number of hydrogen-bond acceptors (Lipinski definition) is 19. The van der Waals surface area contributed by atoms with Crippen molar-refractivity contribution in [3.63, 3.8) is 0 Å². The van der Waals surface area contributed by atoms with Gasteiger partial charge in [0.05, 0.1) is 106 Å². The lowest BCUT2D eigenvalue weighted by atomic mass is 9.75. The van der Waals surface area contributed by atoms with Crippen molar-refractivity contribution < 1.29 is 26.3 Å². The summed E-state index contributed by atoms with van der Waals surface area (Å²) < 4.78 is 93.6. The first-order valence-corrected chi connectivity index (χ1v) is 48.8. The van der Waals surface area contributed by atoms with Gasteiger partial charge in [-0.25, -0.2) is 63.0 Å². The number of piperazine rings is 1. The van der Waals surface area contributed by atoms with Crippen LogP contribution in [-0.2, 0) is 27.8 Å². The topological polar surface area (TPSA) is 251 Å². The number of halogens is 6. The van der Waals surface area contributed by atoms with Crippen LogP contribution in [0.2, 0.25) is 0 Å². The molecule has 0 atom stereocenters. The zero-order valence-corrected chi connectivity index (χ0v) is 84.7. The number of nitrogens with one attached hydrogen (secondary N) is 1. The van der Waals surface area contributed by atoms with Gasteiger partial charge in [0.2, 0.25) is 34.7 Å². The fourth-order valence-electron chi connectivity index (χ4n) is 17.7. The molecule has 0 amide bonds. The van der Waals surface area contributed by atoms with Crippen molar-refractivity contribution in [2.24, 2.45) is 17.3 Å². The number of alkyl halides is 3. The predicted octanol–water partition coefficient (Wildman–Crippen LogP) is 25.5. The highest BCUT2D eigenvalue weighted by Crippen LogP contribution is 2.41. The third kappa shape index (κ3) is 22.0. The van der Waals surface area contributed by atoms with E-state index in [-0.39, 0.29) is 27.8 Å². The summed E-state index contributed by atoms with van der Waals surface area (Å²) in [6, 6.07) is 64.3. The van der Waals surface area contributed by atoms with Crippen molar-refractivity contribution in [2.75, 3.05) is 49.1 Å². The molecule has 0 unspecified atom stereocenters. The van der Waals surface area contributed by atoms with Crippen LogP contribution in [-0.4, -0.2) is 145 Å². The van der Waals surface area contributed by atoms with E-state index in [1.54, 1.807) is 60.4 Å². The van der Waals surface area contributed by atoms with Crippen LogP contribution in [0, 0.1) is 34.7 Å². The van der Waals surface area contributed by atoms with Gasteiger partial charge in [0.15, 0.2) is 11.6 Å². The number of imidazole rings is 6. The molecule has 0 saturated carbocycles. The largest absolute Gasteiger partial charge is 0.418 e. The van der Waals surface area contributed by atoms with Crippen LogP contribution in [0.15, 0.2) is 268 Å². The minimum Gasteiger partial charge on any atom is -0.356 e. The highest BCUT2D eigenvalue weighted by molar-refractivity contribution is 5.85. The van der Waals surface area contributed by atoms with Gasteiger partial charge in [0.1, 0.15) is 17.5 Å². The quantitative estimate of drug-likeness (QED) is 0.152. The molecule has 18 heterocycles. The molecule has 16 aromatic heterocycles. The summed E-state index contributed by atoms with van der Waals surface area (Å²) in [6.07, 6.45) is 16.4. The Morgan fingerprint density at radius 3 is 0.945 bits per heavy atom. The molecule has 2 fully saturated rings. The number of pyridine rings is 4. The number of benzene rings is 6. The van der Waals surface area contributed by atoms with Crippen molar-refractivity contribution in [2.45, 2.75) is 165 Å². The molecule has 0 bridgehead atoms. The fourth-order valence-corrected chi connectivity index (χ4v) is 17.7. The van der Waals surface area contributed by atoms with E-state index < -0.39 is 28.8 Å². The Hall–Kier alpha value is -15.7. The van der Waals surface area contributed by atoms with Crippen LogP contribution in [0.5, 0.6) is 0 Å². The monoisotopic (exact) mass is 1950 g/mol. The minimum absolute atomic E-state index is 0.0198. The van der Waals surface area contributed by atoms with E-state index >= 15 is 0 Å². The SMILES string of the molecule is CC(C)(C)C1CCN(c2ccn3c(n2)nc2ccccc23)CC1.CC(C)(C)c1ccc(-c2ccn3c(n2)nc2cc(F)c(F)cc23)cn1.CC(C)(C)c1ccc(-c2ccn3c(n2)nc2ccccc23)cn1.CC(C)(C)c1ncc(-c2ccn3c(n2)nc2ccccc23)cc1C(F)(F)F.CC(C)(C)c1ncc(-c2ccn3c(n2)nc2ccccc23)cc1F.CC(C)C.c1ccc2c(c1)nc1nc(N3CCNCC3)ccn12. The molecule has 25 nitrogen and oxygen atoms in total. The smallest absolute Gasteiger partial charge is 0.356 e. The van der Waals surface area contributed by atoms with Crippen LogP contribution in [0.1, 0.15) is 166 Å². The highest BCUT2D eigenvalue weighted by atomic mass is 19.4. The zero-order chi connectivity index (χ0) is 102. The summed E-state index contributed by atoms with van der Waals surface area (Å²) in [5, 5.41) is 3.35. The van der Waals surface area contributed by atoms with Gasteiger partial charge in [-0.3, -0.25) is 46.3 Å². The van der Waals surface area contributed by atoms with E-state index in [1.165, 1.54) is 25.1 Å². The van der Waals surface area contributed by atoms with E-state index in [9.17, 15) is 26.3 Å². The van der Waals surface area contributed by atoms with Crippen LogP contribution in [0.3, 0.4) is 0 Å². The number of anilines is 2. The molecule has 0 aliphatic carbocycles. The molecular formula is C114H117F6N25. The van der Waals surface area contributed by atoms with Crippen molar-refractivity contribution in [1.29, 1.82) is 0 Å². The lowest BCUT2D eigenvalue weighted by molar-refractivity contribution is -0.139. The predicted molar refractivity (Wildman–Crippen MR) is 566 cm³/mol. The number of rotatable bonds is 6. The molecular weight excluding hydrogens is 1830 g/mol. The van der Waals surface area contributed by atoms with Gasteiger partial charge in [0.25, 0.3) is 0 Å². The van der Waals surface area contributed by atoms with E-state index in [4.69, 9.17) is 4.98 Å². The number of piperidine rings is 1. The number of fused-ring (bicyclic) bond motifs is 18. The summed E-state index contributed by atoms with van der Waals surface area (Å²) >= 11 is 0. The van der Waals surface area contributed by atoms with E-state index in [0.29, 0.717) is 73.5 Å². The van der Waals surface area contributed by atoms with Gasteiger partial charge in [0, 0.05) is 169 Å². The van der Waals surface area contributed by atoms with Gasteiger partial charge < -0.3 is 15.1 Å². The number of para-hydroxylation sites is 10. The Labute approximate surface area is 836 Å². The first-order chi connectivity index (χ1) is 69.1. The lowest BCUT2D eigenvalue weighted by Gasteiger charge is -2.39. The normalized spacial score (nSPS) is 13.6. The summed E-state index contributed by atoms with van der Waals surface area (Å²) in [4.78, 5) is 77.0. The fraction of sp³-hybridized carbons (Fsp3) is 0.298. The molecule has 1 N–H and O–H groups in total. The number of hydrogen-bond donors (Lipinski definition) is 1. The second-order valence-electron chi connectivity index (χ2n) is 42.3. The molecule has 740 valence electrons. The first kappa shape index (κ1) is 99.5. The van der Waals surface area contributed by atoms with Crippen LogP contribution in [0.25, 0.3) is 146 Å². The zero-order valence-electron chi connectivity index (χ0n) is 84.7. The molecule has 6 aromatic carbocycles. The van der Waals surface area contributed by atoms with E-state index in [0.717, 1.165) is 176 Å². The van der Waals surface area contributed by atoms with Crippen molar-refractivity contribution in [3.05, 3.63) is 314 Å². The van der Waals surface area contributed by atoms with Gasteiger partial charge in [-0.05, 0) is 164 Å². The van der Waals surface area contributed by atoms with Crippen molar-refractivity contribution >= 4 is 113 Å². The molecule has 145 heavy (non-hydrogen) atoms. The minimum atomic E-state index is -4.49. The lowest BCUT2D eigenvalue weighted by Crippen LogP contribution is -2.43. The molecule has 0 spiro atoms. The van der Waals surface area contributed by atoms with Crippen molar-refractivity contribution in [1.82, 2.24) is 111 Å². The van der Waals surface area contributed by atoms with Crippen LogP contribution < -0.4 is 15.1 Å². The molecule has 2 saturated heterocycles. The Morgan fingerprint density at radius 2 is 0.607 bits per heavy atom. The molecule has 22 aromatic rings. The third-order valence-corrected chi connectivity index (χ3v) is 25.4. The molecule has 24 rings (SSSR count). The molecule has 2 aliphatic heterocycles. The highest BCUT2D eigenvalue weighted by Gasteiger charge is 2.39. The third-order valence-electron chi connectivity index (χ3n) is 25.4. The second kappa shape index (κ2) is 40.3. The van der Waals surface area contributed by atoms with E-state index in [1.807, 2.05) is 186 Å². The van der Waals surface area contributed by atoms with E-state index in [2.05, 4.69) is 232 Å². The summed E-state index contributed by atoms with van der Waals surface area (Å²) in [5.74, 6) is 5.27. The van der Waals surface area contributed by atoms with Gasteiger partial charge in [-0.2, -0.15) is 23.1 Å². The summed E-state index contributed by atoms with van der Waals surface area (Å²) in [5.41, 5.74) is 17.3. The first-order valence-electron chi connectivity index (χ1n) is 48.8. The Balaban J connectivity index is 0.000000114. The van der Waals surface area contributed by atoms with Crippen molar-refractivity contribution in [3.8, 4) is 45.0 Å². The maximum atomic E-state index is 14.4. The summed E-state index contributed by atoms with van der Waals surface area (Å²) in [7, 11) is 0. The summed E-state index contributed by atoms with van der Waals surface area (Å²) in [6.45, 7) is 43.6. The second-order valence-corrected chi connectivity index (χ2v) is 42.3. The molecule has 31 heteroatoms. The Bertz CT molecular complexity index is 8440. The van der Waals surface area contributed by atoms with Gasteiger partial charge in [-0.15, -0.1) is 0 Å². The Kier molecular flexibility index (Phi) is 27.6. The standard InChI is InChI=1S/C20H17F3N4.C19H16F2N4.C19H17FN4.C19H24N4.C19H18N4.C14H15N5.C4H10/c1-19(2,3)17-13(20(21,22)23)10-12(11-24-17)14-8-9-27-16-7-5-4-6-15(16)26-18(27)25-14;1-19(2,3)17-5-4-11(10-22-17)14-6-7-25-16-9-13(21)12(20)8-15(16)24-18(25)23-14;1-19(2,3)17-13(20)10-12(11-21-17)14-8-9-24-16-7-5-4-6-15(16)23-18(24)22-14;1-19(2,3)14-8-11-22(12-9-14)17-10-13-23-16-7-5-4-6-15(16)20-18(23)21-17;1-19(2,3)17-9-8-13(12-20-17)14-10-11-23-16-7-5-4-6-15(16)22-18(23)21-14;1-2-4-12-11(3-1)16-14-17-13(5-8-19(12)14)18-9-6-15-7-10-18;1-4(2)3/h4-11H,1-3H3;4-10H,1-3H3;4-11H,1-3H3;4-7,10,13-14H,8-9,11-12H2,1-3H3;4-12H,1-3H3;1-5,8,15H,6-7,9-10H2;4H,1-3H3. The average molecular weight is 1950 g/mol. The van der Waals surface area contributed by atoms with Crippen LogP contribution >= 0.6 is 0 Å².